The number of carbonyl (C=O) groups excluding carboxylic acids is 1. The SMILES string of the molecule is CCCOC(=O)C1=C(C)Nc2ncnn2C1c1ccc(OCc2ccccc2)c(OC)c1. The Bertz CT molecular complexity index is 1120. The first kappa shape index (κ1) is 21.4. The second-order valence-electron chi connectivity index (χ2n) is 7.41. The van der Waals surface area contributed by atoms with Crippen LogP contribution in [0.3, 0.4) is 0 Å². The Labute approximate surface area is 186 Å². The average molecular weight is 434 g/mol. The first-order valence-electron chi connectivity index (χ1n) is 10.5. The van der Waals surface area contributed by atoms with Crippen molar-refractivity contribution in [3.63, 3.8) is 0 Å². The third kappa shape index (κ3) is 4.30. The molecule has 0 amide bonds. The number of rotatable bonds is 8. The fourth-order valence-corrected chi connectivity index (χ4v) is 3.64. The minimum Gasteiger partial charge on any atom is -0.493 e. The number of allylic oxidation sites excluding steroid dienone is 1. The summed E-state index contributed by atoms with van der Waals surface area (Å²) in [6.45, 7) is 4.56. The maximum Gasteiger partial charge on any atom is 0.338 e. The van der Waals surface area contributed by atoms with Crippen LogP contribution < -0.4 is 14.8 Å². The van der Waals surface area contributed by atoms with E-state index in [9.17, 15) is 4.79 Å². The van der Waals surface area contributed by atoms with E-state index in [1.807, 2.05) is 62.4 Å². The quantitative estimate of drug-likeness (QED) is 0.534. The lowest BCUT2D eigenvalue weighted by Gasteiger charge is -2.28. The van der Waals surface area contributed by atoms with Crippen molar-refractivity contribution in [1.82, 2.24) is 14.8 Å². The molecule has 1 unspecified atom stereocenters. The van der Waals surface area contributed by atoms with Crippen molar-refractivity contribution < 1.29 is 19.0 Å². The van der Waals surface area contributed by atoms with E-state index in [0.717, 1.165) is 17.5 Å². The zero-order chi connectivity index (χ0) is 22.5. The monoisotopic (exact) mass is 434 g/mol. The van der Waals surface area contributed by atoms with Crippen LogP contribution in [-0.2, 0) is 16.1 Å². The molecular weight excluding hydrogens is 408 g/mol. The summed E-state index contributed by atoms with van der Waals surface area (Å²) in [5.41, 5.74) is 3.03. The predicted octanol–water partition coefficient (Wildman–Crippen LogP) is 4.11. The second-order valence-corrected chi connectivity index (χ2v) is 7.41. The van der Waals surface area contributed by atoms with Gasteiger partial charge in [0, 0.05) is 5.70 Å². The van der Waals surface area contributed by atoms with Gasteiger partial charge in [0.15, 0.2) is 11.5 Å². The van der Waals surface area contributed by atoms with E-state index in [1.54, 1.807) is 11.8 Å². The van der Waals surface area contributed by atoms with Gasteiger partial charge in [-0.3, -0.25) is 0 Å². The van der Waals surface area contributed by atoms with E-state index in [4.69, 9.17) is 14.2 Å². The standard InChI is InChI=1S/C24H26N4O4/c1-4-12-31-23(29)21-16(2)27-24-25-15-26-28(24)22(21)18-10-11-19(20(13-18)30-3)32-14-17-8-6-5-7-9-17/h5-11,13,15,22H,4,12,14H2,1-3H3,(H,25,26,27). The number of nitrogens with zero attached hydrogens (tertiary/aromatic N) is 3. The van der Waals surface area contributed by atoms with Crippen molar-refractivity contribution in [2.45, 2.75) is 32.9 Å². The number of ether oxygens (including phenoxy) is 3. The van der Waals surface area contributed by atoms with E-state index >= 15 is 0 Å². The first-order chi connectivity index (χ1) is 15.6. The Morgan fingerprint density at radius 2 is 1.97 bits per heavy atom. The number of benzene rings is 2. The summed E-state index contributed by atoms with van der Waals surface area (Å²) in [5.74, 6) is 1.36. The van der Waals surface area contributed by atoms with Gasteiger partial charge in [-0.2, -0.15) is 10.1 Å². The molecule has 32 heavy (non-hydrogen) atoms. The molecule has 0 fully saturated rings. The average Bonchev–Trinajstić information content (AvgIpc) is 3.29. The van der Waals surface area contributed by atoms with E-state index in [-0.39, 0.29) is 5.97 Å². The van der Waals surface area contributed by atoms with Gasteiger partial charge in [-0.1, -0.05) is 43.3 Å². The number of anilines is 1. The summed E-state index contributed by atoms with van der Waals surface area (Å²) >= 11 is 0. The van der Waals surface area contributed by atoms with E-state index < -0.39 is 6.04 Å². The highest BCUT2D eigenvalue weighted by atomic mass is 16.5. The summed E-state index contributed by atoms with van der Waals surface area (Å²) in [6.07, 6.45) is 2.20. The predicted molar refractivity (Wildman–Crippen MR) is 120 cm³/mol. The Morgan fingerprint density at radius 1 is 1.16 bits per heavy atom. The van der Waals surface area contributed by atoms with Crippen LogP contribution in [0.15, 0.2) is 66.1 Å². The lowest BCUT2D eigenvalue weighted by atomic mass is 9.95. The molecule has 1 N–H and O–H groups in total. The molecule has 1 aromatic heterocycles. The topological polar surface area (TPSA) is 87.5 Å². The lowest BCUT2D eigenvalue weighted by Crippen LogP contribution is -2.29. The van der Waals surface area contributed by atoms with Crippen LogP contribution in [0.5, 0.6) is 11.5 Å². The second kappa shape index (κ2) is 9.55. The normalized spacial score (nSPS) is 15.0. The summed E-state index contributed by atoms with van der Waals surface area (Å²) in [5, 5.41) is 7.48. The van der Waals surface area contributed by atoms with Gasteiger partial charge < -0.3 is 19.5 Å². The van der Waals surface area contributed by atoms with Crippen molar-refractivity contribution in [3.05, 3.63) is 77.3 Å². The molecule has 0 radical (unpaired) electrons. The number of hydrogen-bond acceptors (Lipinski definition) is 7. The molecule has 1 atom stereocenters. The number of fused-ring (bicyclic) bond motifs is 1. The minimum atomic E-state index is -0.504. The zero-order valence-corrected chi connectivity index (χ0v) is 18.4. The van der Waals surface area contributed by atoms with Gasteiger partial charge in [0.1, 0.15) is 19.0 Å². The fraction of sp³-hybridized carbons (Fsp3) is 0.292. The molecule has 166 valence electrons. The highest BCUT2D eigenvalue weighted by molar-refractivity contribution is 5.92. The number of carbonyl (C=O) groups is 1. The summed E-state index contributed by atoms with van der Waals surface area (Å²) < 4.78 is 18.7. The van der Waals surface area contributed by atoms with Crippen LogP contribution in [-0.4, -0.2) is 34.5 Å². The van der Waals surface area contributed by atoms with Crippen molar-refractivity contribution in [2.75, 3.05) is 19.0 Å². The van der Waals surface area contributed by atoms with Crippen molar-refractivity contribution in [3.8, 4) is 11.5 Å². The van der Waals surface area contributed by atoms with E-state index in [0.29, 0.717) is 41.9 Å². The summed E-state index contributed by atoms with van der Waals surface area (Å²) in [4.78, 5) is 17.2. The maximum absolute atomic E-state index is 12.9. The number of esters is 1. The van der Waals surface area contributed by atoms with E-state index in [1.165, 1.54) is 6.33 Å². The minimum absolute atomic E-state index is 0.349. The Balaban J connectivity index is 1.67. The van der Waals surface area contributed by atoms with Gasteiger partial charge in [-0.15, -0.1) is 0 Å². The summed E-state index contributed by atoms with van der Waals surface area (Å²) in [6, 6.07) is 15.0. The molecule has 2 heterocycles. The number of hydrogen-bond donors (Lipinski definition) is 1. The Morgan fingerprint density at radius 3 is 2.72 bits per heavy atom. The molecule has 8 nitrogen and oxygen atoms in total. The van der Waals surface area contributed by atoms with Gasteiger partial charge in [0.2, 0.25) is 5.95 Å². The molecule has 1 aliphatic heterocycles. The van der Waals surface area contributed by atoms with Gasteiger partial charge in [0.25, 0.3) is 0 Å². The molecule has 0 aliphatic carbocycles. The van der Waals surface area contributed by atoms with Crippen molar-refractivity contribution in [1.29, 1.82) is 0 Å². The molecule has 8 heteroatoms. The fourth-order valence-electron chi connectivity index (χ4n) is 3.64. The zero-order valence-electron chi connectivity index (χ0n) is 18.4. The Kier molecular flexibility index (Phi) is 6.39. The largest absolute Gasteiger partial charge is 0.493 e. The smallest absolute Gasteiger partial charge is 0.338 e. The van der Waals surface area contributed by atoms with Crippen LogP contribution >= 0.6 is 0 Å². The lowest BCUT2D eigenvalue weighted by molar-refractivity contribution is -0.139. The van der Waals surface area contributed by atoms with Crippen LogP contribution in [0.2, 0.25) is 0 Å². The van der Waals surface area contributed by atoms with Gasteiger partial charge in [-0.05, 0) is 36.6 Å². The van der Waals surface area contributed by atoms with E-state index in [2.05, 4.69) is 15.4 Å². The molecule has 0 saturated heterocycles. The number of methoxy groups -OCH3 is 1. The first-order valence-corrected chi connectivity index (χ1v) is 10.5. The molecule has 4 rings (SSSR count). The molecule has 0 spiro atoms. The highest BCUT2D eigenvalue weighted by Gasteiger charge is 2.34. The third-order valence-electron chi connectivity index (χ3n) is 5.19. The van der Waals surface area contributed by atoms with Crippen molar-refractivity contribution >= 4 is 11.9 Å². The molecule has 0 saturated carbocycles. The molecular formula is C24H26N4O4. The number of nitrogens with one attached hydrogen (secondary N) is 1. The van der Waals surface area contributed by atoms with Crippen molar-refractivity contribution in [2.24, 2.45) is 0 Å². The van der Waals surface area contributed by atoms with Gasteiger partial charge >= 0.3 is 5.97 Å². The maximum atomic E-state index is 12.9. The Hall–Kier alpha value is -3.81. The number of aromatic nitrogens is 3. The van der Waals surface area contributed by atoms with Gasteiger partial charge in [-0.25, -0.2) is 9.48 Å². The molecule has 2 aromatic carbocycles. The molecule has 1 aliphatic rings. The van der Waals surface area contributed by atoms with Crippen LogP contribution in [0.4, 0.5) is 5.95 Å². The van der Waals surface area contributed by atoms with Crippen LogP contribution in [0.1, 0.15) is 37.4 Å². The van der Waals surface area contributed by atoms with Crippen LogP contribution in [0, 0.1) is 0 Å². The summed E-state index contributed by atoms with van der Waals surface area (Å²) in [7, 11) is 1.59. The molecule has 0 bridgehead atoms. The van der Waals surface area contributed by atoms with Crippen LogP contribution in [0.25, 0.3) is 0 Å². The third-order valence-corrected chi connectivity index (χ3v) is 5.19. The molecule has 3 aromatic rings. The highest BCUT2D eigenvalue weighted by Crippen LogP contribution is 2.39. The van der Waals surface area contributed by atoms with Gasteiger partial charge in [0.05, 0.1) is 19.3 Å².